The average molecular weight is 312 g/mol. The van der Waals surface area contributed by atoms with Crippen molar-refractivity contribution in [2.45, 2.75) is 38.8 Å². The van der Waals surface area contributed by atoms with E-state index >= 15 is 0 Å². The molecule has 6 heteroatoms. The van der Waals surface area contributed by atoms with Gasteiger partial charge in [0.2, 0.25) is 0 Å². The Balaban J connectivity index is 2.12. The van der Waals surface area contributed by atoms with Gasteiger partial charge < -0.3 is 5.32 Å². The van der Waals surface area contributed by atoms with E-state index in [1.165, 1.54) is 12.8 Å². The number of hydrogen-bond donors (Lipinski definition) is 1. The molecule has 0 bridgehead atoms. The first-order chi connectivity index (χ1) is 10.1. The predicted molar refractivity (Wildman–Crippen MR) is 84.7 cm³/mol. The summed E-state index contributed by atoms with van der Waals surface area (Å²) in [6, 6.07) is 5.61. The van der Waals surface area contributed by atoms with Gasteiger partial charge >= 0.3 is 0 Å². The van der Waals surface area contributed by atoms with Gasteiger partial charge in [0.25, 0.3) is 5.69 Å². The summed E-state index contributed by atoms with van der Waals surface area (Å²) in [5, 5.41) is 14.6. The average Bonchev–Trinajstić information content (AvgIpc) is 2.49. The van der Waals surface area contributed by atoms with Crippen molar-refractivity contribution in [1.82, 2.24) is 10.2 Å². The van der Waals surface area contributed by atoms with E-state index in [0.717, 1.165) is 38.2 Å². The van der Waals surface area contributed by atoms with Gasteiger partial charge in [-0.1, -0.05) is 24.6 Å². The lowest BCUT2D eigenvalue weighted by Crippen LogP contribution is -2.45. The summed E-state index contributed by atoms with van der Waals surface area (Å²) in [7, 11) is 0. The molecular weight excluding hydrogens is 290 g/mol. The normalized spacial score (nSPS) is 18.9. The molecule has 1 N–H and O–H groups in total. The topological polar surface area (TPSA) is 58.4 Å². The summed E-state index contributed by atoms with van der Waals surface area (Å²) in [6.45, 7) is 5.98. The van der Waals surface area contributed by atoms with Gasteiger partial charge in [0.05, 0.1) is 4.92 Å². The number of nitro benzene ring substituents is 1. The van der Waals surface area contributed by atoms with Crippen molar-refractivity contribution in [2.75, 3.05) is 19.6 Å². The molecular formula is C15H22ClN3O2. The van der Waals surface area contributed by atoms with Gasteiger partial charge in [0.1, 0.15) is 5.02 Å². The lowest BCUT2D eigenvalue weighted by molar-refractivity contribution is -0.384. The molecule has 0 aliphatic carbocycles. The molecule has 0 saturated carbocycles. The summed E-state index contributed by atoms with van der Waals surface area (Å²) in [5.41, 5.74) is 0.942. The highest BCUT2D eigenvalue weighted by molar-refractivity contribution is 6.32. The number of nitrogens with zero attached hydrogens (tertiary/aromatic N) is 2. The van der Waals surface area contributed by atoms with Gasteiger partial charge in [-0.25, -0.2) is 0 Å². The first-order valence-electron chi connectivity index (χ1n) is 7.49. The molecule has 1 aromatic rings. The monoisotopic (exact) mass is 311 g/mol. The summed E-state index contributed by atoms with van der Waals surface area (Å²) in [4.78, 5) is 13.0. The van der Waals surface area contributed by atoms with Gasteiger partial charge in [-0.05, 0) is 44.0 Å². The lowest BCUT2D eigenvalue weighted by atomic mass is 10.0. The summed E-state index contributed by atoms with van der Waals surface area (Å²) in [6.07, 6.45) is 3.44. The second-order valence-corrected chi connectivity index (χ2v) is 5.92. The first-order valence-corrected chi connectivity index (χ1v) is 7.87. The van der Waals surface area contributed by atoms with Crippen molar-refractivity contribution in [3.8, 4) is 0 Å². The van der Waals surface area contributed by atoms with Crippen molar-refractivity contribution in [3.63, 3.8) is 0 Å². The van der Waals surface area contributed by atoms with Crippen LogP contribution in [0.3, 0.4) is 0 Å². The second-order valence-electron chi connectivity index (χ2n) is 5.51. The SMILES string of the molecule is CCCN(Cc1ccc(Cl)c([N+](=O)[O-])c1)C1CCCNC1. The van der Waals surface area contributed by atoms with Crippen LogP contribution in [0.4, 0.5) is 5.69 Å². The molecule has 0 radical (unpaired) electrons. The molecule has 5 nitrogen and oxygen atoms in total. The molecule has 0 spiro atoms. The molecule has 1 aliphatic heterocycles. The van der Waals surface area contributed by atoms with Crippen molar-refractivity contribution < 1.29 is 4.92 Å². The summed E-state index contributed by atoms with van der Waals surface area (Å²) >= 11 is 5.87. The molecule has 0 aromatic heterocycles. The number of benzene rings is 1. The van der Waals surface area contributed by atoms with E-state index in [4.69, 9.17) is 11.6 Å². The van der Waals surface area contributed by atoms with Crippen LogP contribution in [0.15, 0.2) is 18.2 Å². The zero-order valence-corrected chi connectivity index (χ0v) is 13.1. The smallest absolute Gasteiger partial charge is 0.288 e. The fourth-order valence-corrected chi connectivity index (χ4v) is 3.04. The number of piperidine rings is 1. The standard InChI is InChI=1S/C15H22ClN3O2/c1-2-8-18(13-4-3-7-17-10-13)11-12-5-6-14(16)15(9-12)19(20)21/h5-6,9,13,17H,2-4,7-8,10-11H2,1H3. The maximum atomic E-state index is 11.0. The largest absolute Gasteiger partial charge is 0.315 e. The Morgan fingerprint density at radius 3 is 2.95 bits per heavy atom. The van der Waals surface area contributed by atoms with Crippen LogP contribution in [0.5, 0.6) is 0 Å². The number of halogens is 1. The Morgan fingerprint density at radius 1 is 1.52 bits per heavy atom. The van der Waals surface area contributed by atoms with Gasteiger partial charge in [-0.3, -0.25) is 15.0 Å². The Morgan fingerprint density at radius 2 is 2.33 bits per heavy atom. The Kier molecular flexibility index (Phi) is 5.96. The predicted octanol–water partition coefficient (Wildman–Crippen LogP) is 3.21. The van der Waals surface area contributed by atoms with Gasteiger partial charge in [-0.2, -0.15) is 0 Å². The Bertz CT molecular complexity index is 490. The van der Waals surface area contributed by atoms with Crippen LogP contribution in [-0.2, 0) is 6.54 Å². The highest BCUT2D eigenvalue weighted by Gasteiger charge is 2.21. The molecule has 1 saturated heterocycles. The molecule has 0 amide bonds. The van der Waals surface area contributed by atoms with Crippen molar-refractivity contribution in [1.29, 1.82) is 0 Å². The molecule has 1 fully saturated rings. The van der Waals surface area contributed by atoms with E-state index in [2.05, 4.69) is 17.1 Å². The van der Waals surface area contributed by atoms with Gasteiger partial charge in [0, 0.05) is 25.2 Å². The highest BCUT2D eigenvalue weighted by Crippen LogP contribution is 2.26. The third-order valence-corrected chi connectivity index (χ3v) is 4.21. The third kappa shape index (κ3) is 4.40. The van der Waals surface area contributed by atoms with Crippen LogP contribution in [0.2, 0.25) is 5.02 Å². The molecule has 1 aromatic carbocycles. The van der Waals surface area contributed by atoms with Crippen LogP contribution in [0, 0.1) is 10.1 Å². The molecule has 1 heterocycles. The third-order valence-electron chi connectivity index (χ3n) is 3.89. The molecule has 1 atom stereocenters. The minimum absolute atomic E-state index is 0.00705. The highest BCUT2D eigenvalue weighted by atomic mass is 35.5. The zero-order valence-electron chi connectivity index (χ0n) is 12.3. The maximum Gasteiger partial charge on any atom is 0.288 e. The van der Waals surface area contributed by atoms with E-state index in [1.54, 1.807) is 12.1 Å². The molecule has 1 aliphatic rings. The maximum absolute atomic E-state index is 11.0. The second kappa shape index (κ2) is 7.73. The Labute approximate surface area is 130 Å². The zero-order chi connectivity index (χ0) is 15.2. The minimum Gasteiger partial charge on any atom is -0.315 e. The number of nitrogens with one attached hydrogen (secondary N) is 1. The molecule has 1 unspecified atom stereocenters. The Hall–Kier alpha value is -1.17. The van der Waals surface area contributed by atoms with Crippen LogP contribution in [0.1, 0.15) is 31.7 Å². The van der Waals surface area contributed by atoms with Crippen molar-refractivity contribution in [3.05, 3.63) is 38.9 Å². The summed E-state index contributed by atoms with van der Waals surface area (Å²) < 4.78 is 0. The number of nitro groups is 1. The first kappa shape index (κ1) is 16.2. The fourth-order valence-electron chi connectivity index (χ4n) is 2.85. The molecule has 21 heavy (non-hydrogen) atoms. The lowest BCUT2D eigenvalue weighted by Gasteiger charge is -2.34. The molecule has 116 valence electrons. The van der Waals surface area contributed by atoms with Crippen molar-refractivity contribution >= 4 is 17.3 Å². The number of hydrogen-bond acceptors (Lipinski definition) is 4. The number of rotatable bonds is 6. The van der Waals surface area contributed by atoms with E-state index < -0.39 is 4.92 Å². The van der Waals surface area contributed by atoms with Crippen molar-refractivity contribution in [2.24, 2.45) is 0 Å². The van der Waals surface area contributed by atoms with E-state index in [0.29, 0.717) is 6.04 Å². The van der Waals surface area contributed by atoms with Crippen LogP contribution < -0.4 is 5.32 Å². The van der Waals surface area contributed by atoms with Crippen LogP contribution in [-0.4, -0.2) is 35.5 Å². The molecule has 2 rings (SSSR count). The quantitative estimate of drug-likeness (QED) is 0.647. The minimum atomic E-state index is -0.418. The van der Waals surface area contributed by atoms with E-state index in [-0.39, 0.29) is 10.7 Å². The van der Waals surface area contributed by atoms with Gasteiger partial charge in [-0.15, -0.1) is 0 Å². The van der Waals surface area contributed by atoms with E-state index in [9.17, 15) is 10.1 Å². The summed E-state index contributed by atoms with van der Waals surface area (Å²) in [5.74, 6) is 0. The van der Waals surface area contributed by atoms with Gasteiger partial charge in [0.15, 0.2) is 0 Å². The van der Waals surface area contributed by atoms with Crippen LogP contribution in [0.25, 0.3) is 0 Å². The fraction of sp³-hybridized carbons (Fsp3) is 0.600. The van der Waals surface area contributed by atoms with Crippen LogP contribution >= 0.6 is 11.6 Å². The van der Waals surface area contributed by atoms with E-state index in [1.807, 2.05) is 6.07 Å².